The van der Waals surface area contributed by atoms with Crippen LogP contribution in [0, 0.1) is 0 Å². The summed E-state index contributed by atoms with van der Waals surface area (Å²) in [6.45, 7) is 6.04. The molecule has 7 heteroatoms. The van der Waals surface area contributed by atoms with Crippen molar-refractivity contribution in [2.75, 3.05) is 27.2 Å². The summed E-state index contributed by atoms with van der Waals surface area (Å²) >= 11 is 0. The van der Waals surface area contributed by atoms with E-state index in [-0.39, 0.29) is 0 Å². The maximum atomic E-state index is 9.22. The molecule has 0 amide bonds. The number of likely N-dealkylation sites (N-methyl/N-ethyl adjacent to an activating group) is 1. The first-order valence-corrected chi connectivity index (χ1v) is 12.8. The highest BCUT2D eigenvalue weighted by molar-refractivity contribution is 7.80. The molecule has 2 rings (SSSR count). The van der Waals surface area contributed by atoms with Gasteiger partial charge in [-0.15, -0.1) is 0 Å². The molecular formula is C23H42N2O4S. The van der Waals surface area contributed by atoms with Crippen LogP contribution >= 0.6 is 0 Å². The van der Waals surface area contributed by atoms with E-state index in [4.69, 9.17) is 0 Å². The van der Waals surface area contributed by atoms with Crippen LogP contribution in [0.25, 0.3) is 0 Å². The second-order valence-corrected chi connectivity index (χ2v) is 9.41. The van der Waals surface area contributed by atoms with E-state index in [1.165, 1.54) is 89.4 Å². The lowest BCUT2D eigenvalue weighted by molar-refractivity contribution is -0.932. The second-order valence-electron chi connectivity index (χ2n) is 8.26. The smallest absolute Gasteiger partial charge is 0.217 e. The Hall–Kier alpha value is -0.990. The highest BCUT2D eigenvalue weighted by Crippen LogP contribution is 2.12. The van der Waals surface area contributed by atoms with Gasteiger partial charge in [0.2, 0.25) is 10.4 Å². The predicted molar refractivity (Wildman–Crippen MR) is 121 cm³/mol. The average Bonchev–Trinajstić information content (AvgIpc) is 3.07. The van der Waals surface area contributed by atoms with Crippen LogP contribution in [0.3, 0.4) is 0 Å². The van der Waals surface area contributed by atoms with Gasteiger partial charge in [-0.1, -0.05) is 88.6 Å². The van der Waals surface area contributed by atoms with E-state index in [2.05, 4.69) is 53.4 Å². The Labute approximate surface area is 184 Å². The van der Waals surface area contributed by atoms with Crippen LogP contribution in [0.5, 0.6) is 0 Å². The van der Waals surface area contributed by atoms with Crippen molar-refractivity contribution >= 4 is 10.4 Å². The third kappa shape index (κ3) is 12.6. The fourth-order valence-corrected chi connectivity index (χ4v) is 4.09. The Morgan fingerprint density at radius 3 is 2.10 bits per heavy atom. The fraction of sp³-hybridized carbons (Fsp3) is 0.739. The molecule has 0 radical (unpaired) electrons. The molecule has 2 unspecified atom stereocenters. The summed E-state index contributed by atoms with van der Waals surface area (Å²) < 4.78 is 31.0. The topological polar surface area (TPSA) is 74.1 Å². The Balaban J connectivity index is 0.000000656. The van der Waals surface area contributed by atoms with Crippen molar-refractivity contribution in [2.24, 2.45) is 0 Å². The number of unbranched alkanes of at least 4 members (excludes halogenated alkanes) is 8. The zero-order valence-corrected chi connectivity index (χ0v) is 20.0. The van der Waals surface area contributed by atoms with Gasteiger partial charge in [0.15, 0.2) is 0 Å². The first-order chi connectivity index (χ1) is 14.4. The van der Waals surface area contributed by atoms with Gasteiger partial charge in [-0.3, -0.25) is 9.08 Å². The van der Waals surface area contributed by atoms with E-state index >= 15 is 0 Å². The molecule has 1 aromatic rings. The molecule has 1 saturated heterocycles. The molecule has 0 saturated carbocycles. The SMILES string of the molecule is CCCCCCCCCCCC1N(C)CC[NH+]1Cc1ccccc1.COS(=O)(=O)[O-]. The number of quaternary nitrogens is 1. The molecule has 174 valence electrons. The predicted octanol–water partition coefficient (Wildman–Crippen LogP) is 3.36. The van der Waals surface area contributed by atoms with Gasteiger partial charge in [0, 0.05) is 12.0 Å². The van der Waals surface area contributed by atoms with Crippen LogP contribution in [0.1, 0.15) is 76.7 Å². The Morgan fingerprint density at radius 1 is 1.03 bits per heavy atom. The van der Waals surface area contributed by atoms with Crippen LogP contribution in [0.15, 0.2) is 30.3 Å². The van der Waals surface area contributed by atoms with Crippen molar-refractivity contribution in [2.45, 2.75) is 83.8 Å². The lowest BCUT2D eigenvalue weighted by Gasteiger charge is -2.25. The average molecular weight is 443 g/mol. The van der Waals surface area contributed by atoms with Crippen LogP contribution in [-0.4, -0.2) is 51.3 Å². The van der Waals surface area contributed by atoms with Crippen molar-refractivity contribution in [1.82, 2.24) is 4.90 Å². The minimum Gasteiger partial charge on any atom is -0.726 e. The lowest BCUT2D eigenvalue weighted by atomic mass is 10.1. The van der Waals surface area contributed by atoms with Gasteiger partial charge in [0.05, 0.1) is 20.2 Å². The van der Waals surface area contributed by atoms with Gasteiger partial charge >= 0.3 is 0 Å². The number of nitrogens with one attached hydrogen (secondary N) is 1. The van der Waals surface area contributed by atoms with E-state index in [0.717, 1.165) is 13.3 Å². The first-order valence-electron chi connectivity index (χ1n) is 11.5. The standard InChI is InChI=1S/C22H38N2.CH4O4S/c1-3-4-5-6-7-8-9-10-14-17-22-23(2)18-19-24(22)20-21-15-12-11-13-16-21;1-5-6(2,3)4/h11-13,15-16,22H,3-10,14,17-20H2,1-2H3;1H3,(H,2,3,4). The molecule has 30 heavy (non-hydrogen) atoms. The van der Waals surface area contributed by atoms with Crippen LogP contribution in [-0.2, 0) is 21.1 Å². The number of hydrogen-bond acceptors (Lipinski definition) is 5. The highest BCUT2D eigenvalue weighted by atomic mass is 32.3. The minimum absolute atomic E-state index is 0.731. The second kappa shape index (κ2) is 15.8. The summed E-state index contributed by atoms with van der Waals surface area (Å²) in [4.78, 5) is 4.35. The summed E-state index contributed by atoms with van der Waals surface area (Å²) in [6, 6.07) is 11.0. The van der Waals surface area contributed by atoms with Gasteiger partial charge in [-0.25, -0.2) is 8.42 Å². The Morgan fingerprint density at radius 2 is 1.57 bits per heavy atom. The lowest BCUT2D eigenvalue weighted by Crippen LogP contribution is -3.13. The van der Waals surface area contributed by atoms with Crippen LogP contribution in [0.2, 0.25) is 0 Å². The number of nitrogens with zero attached hydrogens (tertiary/aromatic N) is 1. The summed E-state index contributed by atoms with van der Waals surface area (Å²) in [7, 11) is -1.29. The maximum absolute atomic E-state index is 9.22. The summed E-state index contributed by atoms with van der Waals surface area (Å²) in [5.74, 6) is 0. The molecule has 2 atom stereocenters. The normalized spacial score (nSPS) is 19.5. The Kier molecular flexibility index (Phi) is 14.2. The monoisotopic (exact) mass is 442 g/mol. The number of hydrogen-bond donors (Lipinski definition) is 1. The third-order valence-corrected chi connectivity index (χ3v) is 6.26. The largest absolute Gasteiger partial charge is 0.726 e. The maximum Gasteiger partial charge on any atom is 0.217 e. The molecule has 1 fully saturated rings. The van der Waals surface area contributed by atoms with Gasteiger partial charge in [-0.2, -0.15) is 0 Å². The number of rotatable bonds is 13. The molecule has 0 aliphatic carbocycles. The van der Waals surface area contributed by atoms with Gasteiger partial charge < -0.3 is 9.45 Å². The van der Waals surface area contributed by atoms with Gasteiger partial charge in [0.25, 0.3) is 0 Å². The van der Waals surface area contributed by atoms with Crippen LogP contribution < -0.4 is 4.90 Å². The molecule has 0 bridgehead atoms. The zero-order chi connectivity index (χ0) is 22.2. The van der Waals surface area contributed by atoms with E-state index in [1.807, 2.05) is 0 Å². The van der Waals surface area contributed by atoms with Crippen molar-refractivity contribution in [3.05, 3.63) is 35.9 Å². The fourth-order valence-electron chi connectivity index (χ4n) is 4.09. The highest BCUT2D eigenvalue weighted by Gasteiger charge is 2.32. The van der Waals surface area contributed by atoms with E-state index in [9.17, 15) is 13.0 Å². The van der Waals surface area contributed by atoms with Gasteiger partial charge in [-0.05, 0) is 13.5 Å². The van der Waals surface area contributed by atoms with Crippen molar-refractivity contribution in [1.29, 1.82) is 0 Å². The minimum atomic E-state index is -4.41. The van der Waals surface area contributed by atoms with E-state index in [1.54, 1.807) is 4.90 Å². The molecule has 1 heterocycles. The van der Waals surface area contributed by atoms with Crippen molar-refractivity contribution in [3.63, 3.8) is 0 Å². The number of benzene rings is 1. The summed E-state index contributed by atoms with van der Waals surface area (Å²) in [5, 5.41) is 0. The summed E-state index contributed by atoms with van der Waals surface area (Å²) in [5.41, 5.74) is 1.49. The molecule has 1 N–H and O–H groups in total. The summed E-state index contributed by atoms with van der Waals surface area (Å²) in [6.07, 6.45) is 15.0. The molecule has 6 nitrogen and oxygen atoms in total. The molecule has 1 aliphatic rings. The first kappa shape index (κ1) is 27.0. The van der Waals surface area contributed by atoms with Crippen LogP contribution in [0.4, 0.5) is 0 Å². The zero-order valence-electron chi connectivity index (χ0n) is 19.1. The van der Waals surface area contributed by atoms with Crippen molar-refractivity contribution < 1.29 is 22.1 Å². The van der Waals surface area contributed by atoms with E-state index < -0.39 is 10.4 Å². The Bertz CT molecular complexity index is 640. The molecular weight excluding hydrogens is 400 g/mol. The molecule has 1 aliphatic heterocycles. The van der Waals surface area contributed by atoms with Gasteiger partial charge in [0.1, 0.15) is 12.7 Å². The molecule has 1 aromatic carbocycles. The quantitative estimate of drug-likeness (QED) is 0.288. The molecule has 0 aromatic heterocycles. The van der Waals surface area contributed by atoms with Crippen molar-refractivity contribution in [3.8, 4) is 0 Å². The molecule has 0 spiro atoms. The third-order valence-electron chi connectivity index (χ3n) is 5.85. The van der Waals surface area contributed by atoms with E-state index in [0.29, 0.717) is 0 Å².